The number of hydrogen-bond donors (Lipinski definition) is 0. The van der Waals surface area contributed by atoms with Gasteiger partial charge >= 0.3 is 0 Å². The summed E-state index contributed by atoms with van der Waals surface area (Å²) >= 11 is 5.98. The number of likely N-dealkylation sites (N-methyl/N-ethyl adjacent to an activating group) is 1. The van der Waals surface area contributed by atoms with Gasteiger partial charge in [-0.05, 0) is 27.4 Å². The average molecular weight is 244 g/mol. The van der Waals surface area contributed by atoms with Crippen LogP contribution in [0.25, 0.3) is 0 Å². The van der Waals surface area contributed by atoms with Gasteiger partial charge in [0.2, 0.25) is 5.78 Å². The Morgan fingerprint density at radius 1 is 1.62 bits per heavy atom. The number of aryl methyl sites for hydroxylation is 1. The highest BCUT2D eigenvalue weighted by Gasteiger charge is 2.37. The monoisotopic (exact) mass is 243 g/mol. The van der Waals surface area contributed by atoms with E-state index in [4.69, 9.17) is 11.6 Å². The van der Waals surface area contributed by atoms with Gasteiger partial charge < -0.3 is 0 Å². The summed E-state index contributed by atoms with van der Waals surface area (Å²) < 4.78 is 1.53. The highest BCUT2D eigenvalue weighted by atomic mass is 35.5. The number of aromatic nitrogens is 2. The molecule has 4 nitrogen and oxygen atoms in total. The Balaban J connectivity index is 3.20. The van der Waals surface area contributed by atoms with Gasteiger partial charge in [0.1, 0.15) is 5.69 Å². The minimum Gasteiger partial charge on any atom is -0.297 e. The molecule has 0 saturated carbocycles. The van der Waals surface area contributed by atoms with Gasteiger partial charge in [0, 0.05) is 7.05 Å². The van der Waals surface area contributed by atoms with E-state index >= 15 is 0 Å². The van der Waals surface area contributed by atoms with Crippen LogP contribution in [-0.4, -0.2) is 40.1 Å². The van der Waals surface area contributed by atoms with E-state index in [1.165, 1.54) is 10.9 Å². The van der Waals surface area contributed by atoms with Gasteiger partial charge in [-0.15, -0.1) is 0 Å². The van der Waals surface area contributed by atoms with Crippen molar-refractivity contribution < 1.29 is 4.79 Å². The summed E-state index contributed by atoms with van der Waals surface area (Å²) in [4.78, 5) is 14.4. The highest BCUT2D eigenvalue weighted by molar-refractivity contribution is 6.34. The summed E-state index contributed by atoms with van der Waals surface area (Å²) in [5.41, 5.74) is -0.0723. The molecule has 0 N–H and O–H groups in total. The van der Waals surface area contributed by atoms with Crippen LogP contribution in [-0.2, 0) is 7.05 Å². The second-order valence-corrected chi connectivity index (χ2v) is 4.72. The molecule has 0 radical (unpaired) electrons. The quantitative estimate of drug-likeness (QED) is 0.759. The van der Waals surface area contributed by atoms with Crippen molar-refractivity contribution in [2.24, 2.45) is 7.05 Å². The van der Waals surface area contributed by atoms with Gasteiger partial charge in [-0.2, -0.15) is 5.10 Å². The third-order valence-corrected chi connectivity index (χ3v) is 3.55. The summed E-state index contributed by atoms with van der Waals surface area (Å²) in [6.45, 7) is 3.90. The number of halogens is 1. The molecule has 0 fully saturated rings. The summed E-state index contributed by atoms with van der Waals surface area (Å²) in [5.74, 6) is 0.00463. The van der Waals surface area contributed by atoms with Crippen LogP contribution in [0.2, 0.25) is 5.02 Å². The molecule has 0 amide bonds. The zero-order valence-corrected chi connectivity index (χ0v) is 11.2. The molecule has 90 valence electrons. The first-order chi connectivity index (χ1) is 7.34. The number of rotatable bonds is 4. The van der Waals surface area contributed by atoms with Gasteiger partial charge in [0.25, 0.3) is 0 Å². The van der Waals surface area contributed by atoms with Crippen molar-refractivity contribution in [3.05, 3.63) is 16.9 Å². The predicted octanol–water partition coefficient (Wildman–Crippen LogP) is 1.99. The average Bonchev–Trinajstić information content (AvgIpc) is 2.56. The van der Waals surface area contributed by atoms with Crippen molar-refractivity contribution in [2.45, 2.75) is 25.8 Å². The molecule has 0 saturated heterocycles. The Hall–Kier alpha value is -0.870. The number of carbonyl (C=O) groups excluding carboxylic acids is 1. The van der Waals surface area contributed by atoms with E-state index in [2.05, 4.69) is 5.10 Å². The topological polar surface area (TPSA) is 38.1 Å². The van der Waals surface area contributed by atoms with E-state index in [1.807, 2.05) is 32.8 Å². The van der Waals surface area contributed by atoms with E-state index in [1.54, 1.807) is 7.05 Å². The standard InChI is InChI=1S/C11H18ClN3O/c1-6-11(2,14(3)4)10(16)9-8(12)7-13-15(9)5/h7H,6H2,1-5H3. The molecule has 16 heavy (non-hydrogen) atoms. The minimum absolute atomic E-state index is 0.00463. The minimum atomic E-state index is -0.544. The molecule has 5 heteroatoms. The molecule has 0 bridgehead atoms. The van der Waals surface area contributed by atoms with Crippen LogP contribution in [0.5, 0.6) is 0 Å². The Bertz CT molecular complexity index is 380. The summed E-state index contributed by atoms with van der Waals surface area (Å²) in [6.07, 6.45) is 2.22. The summed E-state index contributed by atoms with van der Waals surface area (Å²) in [5, 5.41) is 4.40. The predicted molar refractivity (Wildman–Crippen MR) is 64.9 cm³/mol. The van der Waals surface area contributed by atoms with Crippen molar-refractivity contribution in [2.75, 3.05) is 14.1 Å². The Morgan fingerprint density at radius 3 is 2.50 bits per heavy atom. The van der Waals surface area contributed by atoms with Crippen LogP contribution < -0.4 is 0 Å². The maximum Gasteiger partial charge on any atom is 0.202 e. The maximum atomic E-state index is 12.5. The van der Waals surface area contributed by atoms with Crippen molar-refractivity contribution >= 4 is 17.4 Å². The van der Waals surface area contributed by atoms with E-state index in [9.17, 15) is 4.79 Å². The van der Waals surface area contributed by atoms with Crippen molar-refractivity contribution in [3.8, 4) is 0 Å². The first-order valence-electron chi connectivity index (χ1n) is 5.24. The third-order valence-electron chi connectivity index (χ3n) is 3.27. The third kappa shape index (κ3) is 1.99. The number of hydrogen-bond acceptors (Lipinski definition) is 3. The maximum absolute atomic E-state index is 12.5. The zero-order chi connectivity index (χ0) is 12.5. The molecule has 1 aromatic rings. The van der Waals surface area contributed by atoms with Gasteiger partial charge in [-0.1, -0.05) is 18.5 Å². The molecule has 1 aromatic heterocycles. The fourth-order valence-electron chi connectivity index (χ4n) is 1.60. The lowest BCUT2D eigenvalue weighted by molar-refractivity contribution is 0.0700. The molecule has 0 aliphatic rings. The molecule has 0 aromatic carbocycles. The van der Waals surface area contributed by atoms with Crippen LogP contribution in [0, 0.1) is 0 Å². The molecule has 0 aliphatic heterocycles. The van der Waals surface area contributed by atoms with Crippen LogP contribution in [0.3, 0.4) is 0 Å². The van der Waals surface area contributed by atoms with E-state index in [0.717, 1.165) is 6.42 Å². The van der Waals surface area contributed by atoms with Crippen molar-refractivity contribution in [1.82, 2.24) is 14.7 Å². The Morgan fingerprint density at radius 2 is 2.19 bits per heavy atom. The molecule has 1 rings (SSSR count). The van der Waals surface area contributed by atoms with Gasteiger partial charge in [-0.25, -0.2) is 0 Å². The van der Waals surface area contributed by atoms with Crippen LogP contribution in [0.1, 0.15) is 30.8 Å². The first-order valence-corrected chi connectivity index (χ1v) is 5.62. The van der Waals surface area contributed by atoms with Crippen LogP contribution in [0.15, 0.2) is 6.20 Å². The first kappa shape index (κ1) is 13.2. The Labute approximate surface area is 101 Å². The lowest BCUT2D eigenvalue weighted by atomic mass is 9.90. The largest absolute Gasteiger partial charge is 0.297 e. The number of ketones is 1. The fraction of sp³-hybridized carbons (Fsp3) is 0.636. The fourth-order valence-corrected chi connectivity index (χ4v) is 1.85. The number of nitrogens with zero attached hydrogens (tertiary/aromatic N) is 3. The molecule has 1 unspecified atom stereocenters. The van der Waals surface area contributed by atoms with Crippen molar-refractivity contribution in [3.63, 3.8) is 0 Å². The normalized spacial score (nSPS) is 15.2. The van der Waals surface area contributed by atoms with Crippen molar-refractivity contribution in [1.29, 1.82) is 0 Å². The van der Waals surface area contributed by atoms with Gasteiger partial charge in [-0.3, -0.25) is 14.4 Å². The summed E-state index contributed by atoms with van der Waals surface area (Å²) in [6, 6.07) is 0. The van der Waals surface area contributed by atoms with Gasteiger partial charge in [0.05, 0.1) is 16.8 Å². The molecule has 0 spiro atoms. The van der Waals surface area contributed by atoms with Gasteiger partial charge in [0.15, 0.2) is 0 Å². The second kappa shape index (κ2) is 4.55. The number of carbonyl (C=O) groups is 1. The number of Topliss-reactive ketones (excluding diaryl/α,β-unsaturated/α-hetero) is 1. The molecular weight excluding hydrogens is 226 g/mol. The van der Waals surface area contributed by atoms with E-state index in [0.29, 0.717) is 10.7 Å². The van der Waals surface area contributed by atoms with Crippen LogP contribution in [0.4, 0.5) is 0 Å². The molecular formula is C11H18ClN3O. The van der Waals surface area contributed by atoms with E-state index in [-0.39, 0.29) is 5.78 Å². The lowest BCUT2D eigenvalue weighted by Crippen LogP contribution is -2.48. The SMILES string of the molecule is CCC(C)(C(=O)c1c(Cl)cnn1C)N(C)C. The molecule has 0 aliphatic carbocycles. The summed E-state index contributed by atoms with van der Waals surface area (Å²) in [7, 11) is 5.52. The molecule has 1 heterocycles. The smallest absolute Gasteiger partial charge is 0.202 e. The zero-order valence-electron chi connectivity index (χ0n) is 10.4. The van der Waals surface area contributed by atoms with E-state index < -0.39 is 5.54 Å². The second-order valence-electron chi connectivity index (χ2n) is 4.32. The molecule has 1 atom stereocenters. The highest BCUT2D eigenvalue weighted by Crippen LogP contribution is 2.25. The lowest BCUT2D eigenvalue weighted by Gasteiger charge is -2.33. The Kier molecular flexibility index (Phi) is 3.76. The van der Waals surface area contributed by atoms with Crippen LogP contribution >= 0.6 is 11.6 Å².